The zero-order valence-electron chi connectivity index (χ0n) is 30.7. The Morgan fingerprint density at radius 1 is 0.939 bits per heavy atom. The smallest absolute Gasteiger partial charge is 0.360 e. The lowest BCUT2D eigenvalue weighted by molar-refractivity contribution is -0.384. The van der Waals surface area contributed by atoms with Gasteiger partial charge in [-0.05, 0) is 137 Å². The normalized spacial score (nSPS) is 42.4. The summed E-state index contributed by atoms with van der Waals surface area (Å²) in [5.74, 6) is 0.808. The van der Waals surface area contributed by atoms with Crippen LogP contribution in [-0.2, 0) is 9.47 Å². The van der Waals surface area contributed by atoms with Crippen molar-refractivity contribution in [1.82, 2.24) is 15.0 Å². The van der Waals surface area contributed by atoms with Gasteiger partial charge < -0.3 is 14.6 Å². The summed E-state index contributed by atoms with van der Waals surface area (Å²) in [5.41, 5.74) is 0.218. The maximum absolute atomic E-state index is 13.5. The van der Waals surface area contributed by atoms with E-state index in [2.05, 4.69) is 65.7 Å². The number of hydrogen-bond donors (Lipinski definition) is 1. The summed E-state index contributed by atoms with van der Waals surface area (Å²) in [6, 6.07) is 5.94. The molecular formula is C39H56N4O6. The lowest BCUT2D eigenvalue weighted by Gasteiger charge is -2.70. The van der Waals surface area contributed by atoms with Crippen molar-refractivity contribution in [2.24, 2.45) is 45.3 Å². The zero-order chi connectivity index (χ0) is 35.4. The quantitative estimate of drug-likeness (QED) is 0.191. The topological polar surface area (TPSA) is 130 Å². The average Bonchev–Trinajstić information content (AvgIpc) is 3.66. The molecule has 10 atom stereocenters. The molecule has 4 aliphatic carbocycles. The second-order valence-corrected chi connectivity index (χ2v) is 18.6. The lowest BCUT2D eigenvalue weighted by atomic mass is 9.35. The van der Waals surface area contributed by atoms with Gasteiger partial charge in [-0.3, -0.25) is 10.1 Å². The molecule has 1 N–H and O–H groups in total. The molecule has 5 fully saturated rings. The molecule has 1 saturated heterocycles. The number of aromatic nitrogens is 3. The van der Waals surface area contributed by atoms with Crippen LogP contribution in [0.2, 0.25) is 0 Å². The van der Waals surface area contributed by atoms with Gasteiger partial charge >= 0.3 is 5.97 Å². The van der Waals surface area contributed by atoms with Crippen molar-refractivity contribution in [1.29, 1.82) is 0 Å². The number of rotatable bonds is 5. The Labute approximate surface area is 290 Å². The first kappa shape index (κ1) is 34.6. The first-order valence-corrected chi connectivity index (χ1v) is 18.6. The highest BCUT2D eigenvalue weighted by Crippen LogP contribution is 2.76. The molecule has 5 aliphatic rings. The molecule has 2 aromatic rings. The second-order valence-electron chi connectivity index (χ2n) is 18.6. The van der Waals surface area contributed by atoms with Gasteiger partial charge in [0, 0.05) is 17.5 Å². The largest absolute Gasteiger partial charge is 0.457 e. The maximum Gasteiger partial charge on any atom is 0.360 e. The van der Waals surface area contributed by atoms with Gasteiger partial charge in [0.15, 0.2) is 5.69 Å². The first-order valence-electron chi connectivity index (χ1n) is 18.6. The number of nitrogens with zero attached hydrogens (tertiary/aromatic N) is 4. The third-order valence-electron chi connectivity index (χ3n) is 15.3. The highest BCUT2D eigenvalue weighted by atomic mass is 16.6. The summed E-state index contributed by atoms with van der Waals surface area (Å²) in [5, 5.41) is 31.4. The van der Waals surface area contributed by atoms with Crippen LogP contribution in [0.3, 0.4) is 0 Å². The molecule has 0 bridgehead atoms. The fraction of sp³-hybridized carbons (Fsp3) is 0.769. The average molecular weight is 677 g/mol. The van der Waals surface area contributed by atoms with Crippen LogP contribution < -0.4 is 0 Å². The number of non-ortho nitro benzene ring substituents is 1. The van der Waals surface area contributed by atoms with Crippen molar-refractivity contribution in [2.45, 2.75) is 143 Å². The van der Waals surface area contributed by atoms with E-state index in [4.69, 9.17) is 9.47 Å². The Balaban J connectivity index is 1.09. The van der Waals surface area contributed by atoms with E-state index in [0.717, 1.165) is 57.8 Å². The highest BCUT2D eigenvalue weighted by Gasteiger charge is 2.72. The predicted octanol–water partition coefficient (Wildman–Crippen LogP) is 8.09. The molecule has 0 amide bonds. The minimum absolute atomic E-state index is 0.0126. The molecule has 1 aliphatic heterocycles. The number of carbonyl (C=O) groups is 1. The maximum atomic E-state index is 13.5. The van der Waals surface area contributed by atoms with Crippen molar-refractivity contribution in [2.75, 3.05) is 0 Å². The van der Waals surface area contributed by atoms with Gasteiger partial charge in [0.2, 0.25) is 0 Å². The number of esters is 1. The number of ether oxygens (including phenoxy) is 2. The van der Waals surface area contributed by atoms with E-state index in [9.17, 15) is 20.0 Å². The van der Waals surface area contributed by atoms with Gasteiger partial charge in [0.25, 0.3) is 5.69 Å². The van der Waals surface area contributed by atoms with Crippen molar-refractivity contribution < 1.29 is 24.3 Å². The monoisotopic (exact) mass is 676 g/mol. The second kappa shape index (κ2) is 11.3. The Hall–Kier alpha value is -2.85. The Bertz CT molecular complexity index is 1620. The summed E-state index contributed by atoms with van der Waals surface area (Å²) >= 11 is 0. The highest BCUT2D eigenvalue weighted by molar-refractivity contribution is 5.87. The molecule has 1 aromatic heterocycles. The fourth-order valence-electron chi connectivity index (χ4n) is 12.9. The summed E-state index contributed by atoms with van der Waals surface area (Å²) in [6.45, 7) is 18.9. The number of nitro benzene ring substituents is 1. The number of fused-ring (bicyclic) bond motifs is 5. The van der Waals surface area contributed by atoms with Crippen LogP contribution in [0.15, 0.2) is 30.5 Å². The van der Waals surface area contributed by atoms with Crippen LogP contribution in [0.4, 0.5) is 5.69 Å². The third kappa shape index (κ3) is 5.20. The minimum atomic E-state index is -0.502. The Kier molecular flexibility index (Phi) is 8.00. The Morgan fingerprint density at radius 2 is 1.63 bits per heavy atom. The molecule has 0 spiro atoms. The van der Waals surface area contributed by atoms with E-state index >= 15 is 0 Å². The van der Waals surface area contributed by atoms with E-state index in [-0.39, 0.29) is 62.4 Å². The van der Waals surface area contributed by atoms with Gasteiger partial charge in [-0.1, -0.05) is 39.8 Å². The summed E-state index contributed by atoms with van der Waals surface area (Å²) < 4.78 is 14.6. The van der Waals surface area contributed by atoms with Crippen LogP contribution in [0.1, 0.15) is 130 Å². The number of aliphatic hydroxyl groups excluding tert-OH is 1. The van der Waals surface area contributed by atoms with Crippen LogP contribution in [0, 0.1) is 55.4 Å². The van der Waals surface area contributed by atoms with Crippen LogP contribution >= 0.6 is 0 Å². The SMILES string of the molecule is CC1(C)CCC[C@](C)([C@H]2CC[C@]3(C)[C@@H]2[C@H](O)C[C@@H]2[C@@]4(C)CC[C@H](OC(=O)c5cn(-c6ccc([N+](=O)[O-])cc6)nn5)C(C)(C)[C@@H]4CC[C@]23C)O1. The molecule has 10 heteroatoms. The standard InChI is InChI=1S/C39H56N4O6/c1-34(2)17-9-18-39(8,49-34)26-14-20-38(7)32(26)28(44)22-30-36(5)19-16-31(35(3,4)29(36)15-21-37(30,38)6)48-33(45)27-23-42(41-40-27)24-10-12-25(13-11-24)43(46)47/h10-13,23,26,28-32,44H,9,14-22H2,1-8H3/t26-,28+,29-,30+,31-,32-,36-,37+,38+,39+/m0/s1. The van der Waals surface area contributed by atoms with E-state index < -0.39 is 10.9 Å². The fourth-order valence-corrected chi connectivity index (χ4v) is 12.9. The molecule has 10 nitrogen and oxygen atoms in total. The molecule has 49 heavy (non-hydrogen) atoms. The third-order valence-corrected chi connectivity index (χ3v) is 15.3. The van der Waals surface area contributed by atoms with Crippen LogP contribution in [-0.4, -0.2) is 54.4 Å². The lowest BCUT2D eigenvalue weighted by Crippen LogP contribution is -2.67. The molecule has 1 aromatic carbocycles. The van der Waals surface area contributed by atoms with Crippen LogP contribution in [0.25, 0.3) is 5.69 Å². The molecular weight excluding hydrogens is 620 g/mol. The molecule has 0 radical (unpaired) electrons. The van der Waals surface area contributed by atoms with E-state index in [0.29, 0.717) is 23.4 Å². The summed E-state index contributed by atoms with van der Waals surface area (Å²) in [4.78, 5) is 24.1. The number of nitro groups is 1. The molecule has 4 saturated carbocycles. The van der Waals surface area contributed by atoms with Crippen LogP contribution in [0.5, 0.6) is 0 Å². The van der Waals surface area contributed by atoms with E-state index in [1.807, 2.05) is 0 Å². The minimum Gasteiger partial charge on any atom is -0.457 e. The Morgan fingerprint density at radius 3 is 2.31 bits per heavy atom. The van der Waals surface area contributed by atoms with E-state index in [1.54, 1.807) is 12.1 Å². The first-order chi connectivity index (χ1) is 22.8. The molecule has 268 valence electrons. The van der Waals surface area contributed by atoms with Gasteiger partial charge in [0.1, 0.15) is 6.10 Å². The van der Waals surface area contributed by atoms with E-state index in [1.165, 1.54) is 29.4 Å². The van der Waals surface area contributed by atoms with Crippen molar-refractivity contribution in [3.8, 4) is 5.69 Å². The zero-order valence-corrected chi connectivity index (χ0v) is 30.7. The molecule has 7 rings (SSSR count). The van der Waals surface area contributed by atoms with Gasteiger partial charge in [-0.15, -0.1) is 5.10 Å². The van der Waals surface area contributed by atoms with Crippen molar-refractivity contribution in [3.05, 3.63) is 46.3 Å². The number of benzene rings is 1. The van der Waals surface area contributed by atoms with Gasteiger partial charge in [-0.2, -0.15) is 0 Å². The number of hydrogen-bond acceptors (Lipinski definition) is 8. The molecule has 0 unspecified atom stereocenters. The predicted molar refractivity (Wildman–Crippen MR) is 185 cm³/mol. The number of aliphatic hydroxyl groups is 1. The van der Waals surface area contributed by atoms with Crippen molar-refractivity contribution in [3.63, 3.8) is 0 Å². The van der Waals surface area contributed by atoms with Gasteiger partial charge in [0.05, 0.1) is 34.1 Å². The summed E-state index contributed by atoms with van der Waals surface area (Å²) in [7, 11) is 0. The van der Waals surface area contributed by atoms with Gasteiger partial charge in [-0.25, -0.2) is 9.48 Å². The number of carbonyl (C=O) groups excluding carboxylic acids is 1. The van der Waals surface area contributed by atoms with Crippen molar-refractivity contribution >= 4 is 11.7 Å². The molecule has 2 heterocycles. The summed E-state index contributed by atoms with van der Waals surface area (Å²) in [6.07, 6.45) is 11.2.